The summed E-state index contributed by atoms with van der Waals surface area (Å²) in [7, 11) is 0. The first kappa shape index (κ1) is 20.5. The zero-order valence-electron chi connectivity index (χ0n) is 16.3. The van der Waals surface area contributed by atoms with Crippen LogP contribution in [0, 0.1) is 17.0 Å². The summed E-state index contributed by atoms with van der Waals surface area (Å²) in [6.45, 7) is 6.45. The minimum absolute atomic E-state index is 0.0726. The molecule has 3 rings (SSSR count). The summed E-state index contributed by atoms with van der Waals surface area (Å²) in [5, 5.41) is 22.3. The van der Waals surface area contributed by atoms with E-state index in [9.17, 15) is 14.9 Å². The van der Waals surface area contributed by atoms with Crippen LogP contribution in [-0.2, 0) is 11.3 Å². The number of hydrogen-bond acceptors (Lipinski definition) is 6. The van der Waals surface area contributed by atoms with E-state index in [1.807, 2.05) is 42.7 Å². The first-order chi connectivity index (χ1) is 13.9. The Labute approximate surface area is 172 Å². The van der Waals surface area contributed by atoms with Crippen molar-refractivity contribution in [2.75, 3.05) is 5.32 Å². The number of carbonyl (C=O) groups is 1. The number of rotatable bonds is 7. The van der Waals surface area contributed by atoms with Gasteiger partial charge in [0.05, 0.1) is 10.2 Å². The highest BCUT2D eigenvalue weighted by atomic mass is 32.2. The lowest BCUT2D eigenvalue weighted by atomic mass is 10.1. The molecule has 1 N–H and O–H groups in total. The fourth-order valence-electron chi connectivity index (χ4n) is 2.73. The Kier molecular flexibility index (Phi) is 6.28. The minimum Gasteiger partial charge on any atom is -0.325 e. The van der Waals surface area contributed by atoms with Crippen LogP contribution in [0.25, 0.3) is 11.4 Å². The average Bonchev–Trinajstić information content (AvgIpc) is 3.11. The number of nitrogens with zero attached hydrogens (tertiary/aromatic N) is 4. The second kappa shape index (κ2) is 8.87. The van der Waals surface area contributed by atoms with Gasteiger partial charge in [-0.3, -0.25) is 14.9 Å². The molecule has 9 heteroatoms. The number of nitrogens with one attached hydrogen (secondary N) is 1. The molecule has 8 nitrogen and oxygen atoms in total. The van der Waals surface area contributed by atoms with E-state index in [-0.39, 0.29) is 11.6 Å². The molecule has 1 amide bonds. The summed E-state index contributed by atoms with van der Waals surface area (Å²) in [5.74, 6) is 0.485. The molecule has 0 aliphatic rings. The second-order valence-corrected chi connectivity index (χ2v) is 7.78. The third-order valence-electron chi connectivity index (χ3n) is 4.32. The molecule has 2 aromatic carbocycles. The van der Waals surface area contributed by atoms with Crippen LogP contribution < -0.4 is 5.32 Å². The van der Waals surface area contributed by atoms with Gasteiger partial charge in [0.1, 0.15) is 0 Å². The van der Waals surface area contributed by atoms with Crippen molar-refractivity contribution in [2.24, 2.45) is 0 Å². The zero-order chi connectivity index (χ0) is 21.0. The van der Waals surface area contributed by atoms with Crippen molar-refractivity contribution in [3.8, 4) is 11.4 Å². The molecular formula is C20H21N5O3S. The molecule has 0 aliphatic heterocycles. The maximum absolute atomic E-state index is 12.6. The second-order valence-electron chi connectivity index (χ2n) is 6.47. The van der Waals surface area contributed by atoms with E-state index < -0.39 is 10.2 Å². The van der Waals surface area contributed by atoms with E-state index >= 15 is 0 Å². The van der Waals surface area contributed by atoms with Gasteiger partial charge < -0.3 is 9.88 Å². The number of carbonyl (C=O) groups excluding carboxylic acids is 1. The lowest BCUT2D eigenvalue weighted by Crippen LogP contribution is -2.23. The van der Waals surface area contributed by atoms with E-state index in [2.05, 4.69) is 15.5 Å². The molecule has 1 unspecified atom stereocenters. The molecule has 0 saturated heterocycles. The van der Waals surface area contributed by atoms with Gasteiger partial charge in [0, 0.05) is 29.9 Å². The van der Waals surface area contributed by atoms with Crippen molar-refractivity contribution < 1.29 is 9.72 Å². The first-order valence-corrected chi connectivity index (χ1v) is 9.99. The number of thioether (sulfide) groups is 1. The molecule has 1 atom stereocenters. The van der Waals surface area contributed by atoms with Gasteiger partial charge in [-0.2, -0.15) is 0 Å². The van der Waals surface area contributed by atoms with Gasteiger partial charge in [-0.15, -0.1) is 10.2 Å². The standard InChI is InChI=1S/C20H21N5O3S/c1-4-24-18(15-10-8-13(2)9-11-15)22-23-20(24)29-14(3)19(26)21-16-6-5-7-17(12-16)25(27)28/h5-12,14H,4H2,1-3H3,(H,21,26). The smallest absolute Gasteiger partial charge is 0.271 e. The van der Waals surface area contributed by atoms with Crippen LogP contribution in [0.15, 0.2) is 53.7 Å². The molecule has 0 spiro atoms. The Hall–Kier alpha value is -3.20. The van der Waals surface area contributed by atoms with E-state index in [0.717, 1.165) is 17.0 Å². The van der Waals surface area contributed by atoms with Crippen LogP contribution in [0.5, 0.6) is 0 Å². The predicted molar refractivity (Wildman–Crippen MR) is 113 cm³/mol. The van der Waals surface area contributed by atoms with Crippen molar-refractivity contribution in [1.82, 2.24) is 14.8 Å². The van der Waals surface area contributed by atoms with Gasteiger partial charge in [0.15, 0.2) is 11.0 Å². The van der Waals surface area contributed by atoms with E-state index in [0.29, 0.717) is 17.4 Å². The van der Waals surface area contributed by atoms with Crippen LogP contribution in [-0.4, -0.2) is 30.8 Å². The number of amides is 1. The predicted octanol–water partition coefficient (Wildman–Crippen LogP) is 4.30. The van der Waals surface area contributed by atoms with Gasteiger partial charge in [0.25, 0.3) is 5.69 Å². The summed E-state index contributed by atoms with van der Waals surface area (Å²) in [6, 6.07) is 13.9. The molecule has 0 fully saturated rings. The normalized spacial score (nSPS) is 11.8. The highest BCUT2D eigenvalue weighted by Gasteiger charge is 2.21. The van der Waals surface area contributed by atoms with E-state index in [4.69, 9.17) is 0 Å². The molecule has 150 valence electrons. The van der Waals surface area contributed by atoms with Crippen molar-refractivity contribution in [1.29, 1.82) is 0 Å². The molecule has 1 heterocycles. The van der Waals surface area contributed by atoms with Crippen LogP contribution in [0.1, 0.15) is 19.4 Å². The van der Waals surface area contributed by atoms with E-state index in [1.165, 1.54) is 30.0 Å². The maximum Gasteiger partial charge on any atom is 0.271 e. The first-order valence-electron chi connectivity index (χ1n) is 9.11. The Morgan fingerprint density at radius 3 is 2.62 bits per heavy atom. The Morgan fingerprint density at radius 2 is 1.97 bits per heavy atom. The zero-order valence-corrected chi connectivity index (χ0v) is 17.1. The lowest BCUT2D eigenvalue weighted by Gasteiger charge is -2.13. The van der Waals surface area contributed by atoms with Gasteiger partial charge in [-0.1, -0.05) is 47.7 Å². The maximum atomic E-state index is 12.6. The molecule has 0 bridgehead atoms. The highest BCUT2D eigenvalue weighted by Crippen LogP contribution is 2.28. The Morgan fingerprint density at radius 1 is 1.24 bits per heavy atom. The van der Waals surface area contributed by atoms with Crippen molar-refractivity contribution >= 4 is 29.0 Å². The number of benzene rings is 2. The summed E-state index contributed by atoms with van der Waals surface area (Å²) in [4.78, 5) is 22.9. The molecule has 0 radical (unpaired) electrons. The molecule has 0 aliphatic carbocycles. The molecule has 1 aromatic heterocycles. The highest BCUT2D eigenvalue weighted by molar-refractivity contribution is 8.00. The van der Waals surface area contributed by atoms with Gasteiger partial charge >= 0.3 is 0 Å². The van der Waals surface area contributed by atoms with Crippen LogP contribution in [0.4, 0.5) is 11.4 Å². The van der Waals surface area contributed by atoms with Gasteiger partial charge in [0.2, 0.25) is 5.91 Å². The third-order valence-corrected chi connectivity index (χ3v) is 5.40. The number of anilines is 1. The van der Waals surface area contributed by atoms with Crippen LogP contribution in [0.3, 0.4) is 0 Å². The Balaban J connectivity index is 1.74. The summed E-state index contributed by atoms with van der Waals surface area (Å²) < 4.78 is 1.96. The fraction of sp³-hybridized carbons (Fsp3) is 0.250. The summed E-state index contributed by atoms with van der Waals surface area (Å²) >= 11 is 1.29. The van der Waals surface area contributed by atoms with Crippen LogP contribution in [0.2, 0.25) is 0 Å². The number of nitro groups is 1. The van der Waals surface area contributed by atoms with Crippen molar-refractivity contribution in [3.63, 3.8) is 0 Å². The average molecular weight is 411 g/mol. The number of aromatic nitrogens is 3. The lowest BCUT2D eigenvalue weighted by molar-refractivity contribution is -0.384. The monoisotopic (exact) mass is 411 g/mol. The Bertz CT molecular complexity index is 1030. The van der Waals surface area contributed by atoms with Crippen molar-refractivity contribution in [3.05, 3.63) is 64.2 Å². The topological polar surface area (TPSA) is 103 Å². The fourth-order valence-corrected chi connectivity index (χ4v) is 3.64. The summed E-state index contributed by atoms with van der Waals surface area (Å²) in [6.07, 6.45) is 0. The number of non-ortho nitro benzene ring substituents is 1. The molecular weight excluding hydrogens is 390 g/mol. The molecule has 29 heavy (non-hydrogen) atoms. The third kappa shape index (κ3) is 4.80. The largest absolute Gasteiger partial charge is 0.325 e. The number of nitro benzene ring substituents is 1. The molecule has 3 aromatic rings. The van der Waals surface area contributed by atoms with Gasteiger partial charge in [-0.05, 0) is 26.8 Å². The minimum atomic E-state index is -0.496. The SMILES string of the molecule is CCn1c(SC(C)C(=O)Nc2cccc([N+](=O)[O-])c2)nnc1-c1ccc(C)cc1. The van der Waals surface area contributed by atoms with Crippen LogP contribution >= 0.6 is 11.8 Å². The quantitative estimate of drug-likeness (QED) is 0.353. The summed E-state index contributed by atoms with van der Waals surface area (Å²) in [5.41, 5.74) is 2.44. The van der Waals surface area contributed by atoms with Gasteiger partial charge in [-0.25, -0.2) is 0 Å². The van der Waals surface area contributed by atoms with Crippen molar-refractivity contribution in [2.45, 2.75) is 37.7 Å². The molecule has 0 saturated carbocycles. The number of aryl methyl sites for hydroxylation is 1. The number of hydrogen-bond donors (Lipinski definition) is 1. The van der Waals surface area contributed by atoms with E-state index in [1.54, 1.807) is 13.0 Å².